The standard InChI is InChI=1S/C28H25N3O8/c1-3-37-25-17-19(6-13-24(25)39-15-14-38-22-11-9-21(10-12-22)31(35)36)16-23-26(32)29-28(34)30(27(23)33)20-7-4-18(2)5-8-20/h4-13,16-17H,3,14-15H2,1-2H3,(H,29,32,34). The molecule has 3 aromatic rings. The number of ether oxygens (including phenoxy) is 3. The SMILES string of the molecule is CCOc1cc(C=C2C(=O)NC(=O)N(c3ccc(C)cc3)C2=O)ccc1OCCOc1ccc([N+](=O)[O-])cc1. The summed E-state index contributed by atoms with van der Waals surface area (Å²) in [6.07, 6.45) is 1.38. The number of amides is 4. The van der Waals surface area contributed by atoms with Crippen molar-refractivity contribution < 1.29 is 33.5 Å². The number of carbonyl (C=O) groups excluding carboxylic acids is 3. The van der Waals surface area contributed by atoms with E-state index < -0.39 is 22.8 Å². The molecule has 0 atom stereocenters. The van der Waals surface area contributed by atoms with Crippen molar-refractivity contribution in [3.63, 3.8) is 0 Å². The summed E-state index contributed by atoms with van der Waals surface area (Å²) >= 11 is 0. The van der Waals surface area contributed by atoms with Gasteiger partial charge in [0.05, 0.1) is 17.2 Å². The Morgan fingerprint density at radius 1 is 0.897 bits per heavy atom. The van der Waals surface area contributed by atoms with Gasteiger partial charge in [-0.3, -0.25) is 25.0 Å². The maximum absolute atomic E-state index is 13.1. The largest absolute Gasteiger partial charge is 0.490 e. The Morgan fingerprint density at radius 3 is 2.26 bits per heavy atom. The smallest absolute Gasteiger partial charge is 0.335 e. The van der Waals surface area contributed by atoms with Crippen LogP contribution in [-0.4, -0.2) is 42.6 Å². The number of rotatable bonds is 10. The summed E-state index contributed by atoms with van der Waals surface area (Å²) in [4.78, 5) is 49.2. The molecule has 0 aromatic heterocycles. The van der Waals surface area contributed by atoms with Gasteiger partial charge in [0.2, 0.25) is 0 Å². The van der Waals surface area contributed by atoms with E-state index in [0.29, 0.717) is 35.1 Å². The number of non-ortho nitro benzene ring substituents is 1. The fourth-order valence-corrected chi connectivity index (χ4v) is 3.73. The third kappa shape index (κ3) is 6.39. The van der Waals surface area contributed by atoms with E-state index in [9.17, 15) is 24.5 Å². The lowest BCUT2D eigenvalue weighted by atomic mass is 10.1. The van der Waals surface area contributed by atoms with Crippen molar-refractivity contribution in [1.82, 2.24) is 5.32 Å². The molecular weight excluding hydrogens is 506 g/mol. The van der Waals surface area contributed by atoms with Crippen molar-refractivity contribution in [3.05, 3.63) is 93.5 Å². The van der Waals surface area contributed by atoms with Crippen molar-refractivity contribution in [2.24, 2.45) is 0 Å². The Kier molecular flexibility index (Phi) is 8.20. The van der Waals surface area contributed by atoms with Crippen LogP contribution in [0, 0.1) is 17.0 Å². The Morgan fingerprint density at radius 2 is 1.59 bits per heavy atom. The predicted octanol–water partition coefficient (Wildman–Crippen LogP) is 4.43. The van der Waals surface area contributed by atoms with Gasteiger partial charge in [-0.2, -0.15) is 0 Å². The molecule has 0 radical (unpaired) electrons. The van der Waals surface area contributed by atoms with E-state index >= 15 is 0 Å². The third-order valence-electron chi connectivity index (χ3n) is 5.63. The van der Waals surface area contributed by atoms with Gasteiger partial charge in [-0.05, 0) is 61.9 Å². The number of nitrogens with one attached hydrogen (secondary N) is 1. The zero-order chi connectivity index (χ0) is 27.9. The first-order chi connectivity index (χ1) is 18.8. The second-order valence-electron chi connectivity index (χ2n) is 8.38. The summed E-state index contributed by atoms with van der Waals surface area (Å²) in [5.41, 5.74) is 1.56. The fourth-order valence-electron chi connectivity index (χ4n) is 3.73. The van der Waals surface area contributed by atoms with Gasteiger partial charge in [0.15, 0.2) is 11.5 Å². The van der Waals surface area contributed by atoms with Crippen molar-refractivity contribution in [3.8, 4) is 17.2 Å². The number of barbiturate groups is 1. The number of benzene rings is 3. The van der Waals surface area contributed by atoms with Gasteiger partial charge in [0.25, 0.3) is 17.5 Å². The van der Waals surface area contributed by atoms with Crippen LogP contribution >= 0.6 is 0 Å². The van der Waals surface area contributed by atoms with Gasteiger partial charge in [0, 0.05) is 12.1 Å². The zero-order valence-electron chi connectivity index (χ0n) is 21.2. The number of nitro benzene ring substituents is 1. The van der Waals surface area contributed by atoms with E-state index in [0.717, 1.165) is 10.5 Å². The maximum Gasteiger partial charge on any atom is 0.335 e. The highest BCUT2D eigenvalue weighted by Crippen LogP contribution is 2.30. The zero-order valence-corrected chi connectivity index (χ0v) is 21.2. The minimum atomic E-state index is -0.819. The lowest BCUT2D eigenvalue weighted by molar-refractivity contribution is -0.384. The minimum absolute atomic E-state index is 0.0307. The first-order valence-electron chi connectivity index (χ1n) is 12.0. The molecule has 0 bridgehead atoms. The number of carbonyl (C=O) groups is 3. The maximum atomic E-state index is 13.1. The summed E-state index contributed by atoms with van der Waals surface area (Å²) in [7, 11) is 0. The number of aryl methyl sites for hydroxylation is 1. The molecule has 39 heavy (non-hydrogen) atoms. The molecule has 200 valence electrons. The molecule has 4 amide bonds. The lowest BCUT2D eigenvalue weighted by Crippen LogP contribution is -2.54. The Bertz CT molecular complexity index is 1430. The van der Waals surface area contributed by atoms with Gasteiger partial charge in [-0.1, -0.05) is 23.8 Å². The van der Waals surface area contributed by atoms with E-state index in [1.165, 1.54) is 30.3 Å². The summed E-state index contributed by atoms with van der Waals surface area (Å²) in [6.45, 7) is 4.35. The second-order valence-corrected chi connectivity index (χ2v) is 8.38. The summed E-state index contributed by atoms with van der Waals surface area (Å²) in [6, 6.07) is 16.6. The number of hydrogen-bond acceptors (Lipinski definition) is 8. The van der Waals surface area contributed by atoms with E-state index in [1.807, 2.05) is 6.92 Å². The topological polar surface area (TPSA) is 137 Å². The number of hydrogen-bond donors (Lipinski definition) is 1. The number of anilines is 1. The van der Waals surface area contributed by atoms with Crippen molar-refractivity contribution in [2.75, 3.05) is 24.7 Å². The van der Waals surface area contributed by atoms with E-state index in [-0.39, 0.29) is 24.5 Å². The molecule has 0 aliphatic carbocycles. The molecule has 3 aromatic carbocycles. The van der Waals surface area contributed by atoms with Crippen LogP contribution in [0.2, 0.25) is 0 Å². The molecule has 1 saturated heterocycles. The van der Waals surface area contributed by atoms with E-state index in [4.69, 9.17) is 14.2 Å². The normalized spacial score (nSPS) is 14.3. The molecule has 1 heterocycles. The van der Waals surface area contributed by atoms with Gasteiger partial charge in [-0.25, -0.2) is 9.69 Å². The van der Waals surface area contributed by atoms with Gasteiger partial charge in [-0.15, -0.1) is 0 Å². The van der Waals surface area contributed by atoms with E-state index in [1.54, 1.807) is 49.4 Å². The van der Waals surface area contributed by atoms with E-state index in [2.05, 4.69) is 5.32 Å². The number of urea groups is 1. The van der Waals surface area contributed by atoms with Crippen LogP contribution in [0.25, 0.3) is 6.08 Å². The van der Waals surface area contributed by atoms with Crippen LogP contribution in [0.15, 0.2) is 72.3 Å². The highest BCUT2D eigenvalue weighted by atomic mass is 16.6. The molecule has 1 fully saturated rings. The minimum Gasteiger partial charge on any atom is -0.490 e. The van der Waals surface area contributed by atoms with Crippen LogP contribution in [0.3, 0.4) is 0 Å². The predicted molar refractivity (Wildman–Crippen MR) is 142 cm³/mol. The molecule has 0 spiro atoms. The summed E-state index contributed by atoms with van der Waals surface area (Å²) in [5, 5.41) is 13.0. The van der Waals surface area contributed by atoms with Crippen LogP contribution in [0.5, 0.6) is 17.2 Å². The molecule has 0 saturated carbocycles. The quantitative estimate of drug-likeness (QED) is 0.133. The molecule has 1 aliphatic rings. The van der Waals surface area contributed by atoms with Crippen molar-refractivity contribution in [2.45, 2.75) is 13.8 Å². The van der Waals surface area contributed by atoms with Gasteiger partial charge < -0.3 is 14.2 Å². The lowest BCUT2D eigenvalue weighted by Gasteiger charge is -2.26. The number of nitrogens with zero attached hydrogens (tertiary/aromatic N) is 2. The number of imide groups is 2. The molecule has 4 rings (SSSR count). The van der Waals surface area contributed by atoms with Gasteiger partial charge in [0.1, 0.15) is 24.5 Å². The Balaban J connectivity index is 1.47. The van der Waals surface area contributed by atoms with Crippen molar-refractivity contribution in [1.29, 1.82) is 0 Å². The molecule has 0 unspecified atom stereocenters. The summed E-state index contributed by atoms with van der Waals surface area (Å²) < 4.78 is 17.0. The average molecular weight is 532 g/mol. The van der Waals surface area contributed by atoms with Crippen LogP contribution < -0.4 is 24.4 Å². The van der Waals surface area contributed by atoms with Crippen LogP contribution in [-0.2, 0) is 9.59 Å². The molecule has 11 heteroatoms. The molecule has 11 nitrogen and oxygen atoms in total. The Hall–Kier alpha value is -5.19. The van der Waals surface area contributed by atoms with Gasteiger partial charge >= 0.3 is 6.03 Å². The monoisotopic (exact) mass is 531 g/mol. The highest BCUT2D eigenvalue weighted by molar-refractivity contribution is 6.39. The Labute approximate surface area is 223 Å². The average Bonchev–Trinajstić information content (AvgIpc) is 2.91. The first-order valence-corrected chi connectivity index (χ1v) is 12.0. The van der Waals surface area contributed by atoms with Crippen LogP contribution in [0.1, 0.15) is 18.1 Å². The van der Waals surface area contributed by atoms with Crippen molar-refractivity contribution >= 4 is 35.3 Å². The molecule has 1 N–H and O–H groups in total. The van der Waals surface area contributed by atoms with Crippen LogP contribution in [0.4, 0.5) is 16.2 Å². The second kappa shape index (κ2) is 11.9. The number of nitro groups is 1. The third-order valence-corrected chi connectivity index (χ3v) is 5.63. The molecular formula is C28H25N3O8. The highest BCUT2D eigenvalue weighted by Gasteiger charge is 2.36. The first kappa shape index (κ1) is 26.9. The molecule has 1 aliphatic heterocycles. The summed E-state index contributed by atoms with van der Waals surface area (Å²) in [5.74, 6) is -0.270. The fraction of sp³-hybridized carbons (Fsp3) is 0.179.